The second kappa shape index (κ2) is 4.09. The van der Waals surface area contributed by atoms with E-state index in [1.165, 1.54) is 25.9 Å². The van der Waals surface area contributed by atoms with Crippen molar-refractivity contribution in [3.63, 3.8) is 0 Å². The second-order valence-corrected chi connectivity index (χ2v) is 5.80. The smallest absolute Gasteiger partial charge is 0.272 e. The molecule has 1 aromatic rings. The van der Waals surface area contributed by atoms with Gasteiger partial charge in [-0.3, -0.25) is 9.48 Å². The van der Waals surface area contributed by atoms with Crippen LogP contribution >= 0.6 is 0 Å². The standard InChI is InChI=1S/C13H20N4O/c1-13(9-17-7-3-10(13)4-8-17)14-12(18)11-5-6-16(2)15-11/h5-6,10H,3-4,7-9H2,1-2H3,(H,14,18). The molecule has 5 heteroatoms. The average Bonchev–Trinajstić information content (AvgIpc) is 2.76. The number of carbonyl (C=O) groups is 1. The van der Waals surface area contributed by atoms with Gasteiger partial charge < -0.3 is 10.2 Å². The Morgan fingerprint density at radius 3 is 2.72 bits per heavy atom. The SMILES string of the molecule is Cn1ccc(C(=O)NC2(C)CN3CCC2CC3)n1. The van der Waals surface area contributed by atoms with Crippen LogP contribution in [-0.4, -0.2) is 45.8 Å². The van der Waals surface area contributed by atoms with Gasteiger partial charge in [-0.2, -0.15) is 5.10 Å². The van der Waals surface area contributed by atoms with E-state index in [0.29, 0.717) is 11.6 Å². The van der Waals surface area contributed by atoms with Crippen LogP contribution in [0.2, 0.25) is 0 Å². The summed E-state index contributed by atoms with van der Waals surface area (Å²) in [6, 6.07) is 1.76. The predicted octanol–water partition coefficient (Wildman–Crippen LogP) is 0.634. The average molecular weight is 248 g/mol. The van der Waals surface area contributed by atoms with Crippen LogP contribution < -0.4 is 5.32 Å². The Morgan fingerprint density at radius 2 is 2.22 bits per heavy atom. The molecule has 1 atom stereocenters. The highest BCUT2D eigenvalue weighted by Crippen LogP contribution is 2.35. The topological polar surface area (TPSA) is 50.2 Å². The molecular formula is C13H20N4O. The van der Waals surface area contributed by atoms with Crippen LogP contribution in [0.1, 0.15) is 30.3 Å². The summed E-state index contributed by atoms with van der Waals surface area (Å²) in [5, 5.41) is 7.36. The highest BCUT2D eigenvalue weighted by atomic mass is 16.2. The van der Waals surface area contributed by atoms with Crippen molar-refractivity contribution >= 4 is 5.91 Å². The van der Waals surface area contributed by atoms with Crippen molar-refractivity contribution in [3.8, 4) is 0 Å². The number of aromatic nitrogens is 2. The fraction of sp³-hybridized carbons (Fsp3) is 0.692. The molecule has 3 aliphatic heterocycles. The molecule has 0 saturated carbocycles. The van der Waals surface area contributed by atoms with Gasteiger partial charge in [-0.25, -0.2) is 0 Å². The maximum absolute atomic E-state index is 12.2. The summed E-state index contributed by atoms with van der Waals surface area (Å²) >= 11 is 0. The number of nitrogens with zero attached hydrogens (tertiary/aromatic N) is 3. The lowest BCUT2D eigenvalue weighted by Gasteiger charge is -2.51. The number of hydrogen-bond acceptors (Lipinski definition) is 3. The number of piperidine rings is 3. The van der Waals surface area contributed by atoms with E-state index in [1.807, 2.05) is 7.05 Å². The van der Waals surface area contributed by atoms with Crippen LogP contribution in [0.3, 0.4) is 0 Å². The number of amides is 1. The van der Waals surface area contributed by atoms with Gasteiger partial charge in [-0.15, -0.1) is 0 Å². The van der Waals surface area contributed by atoms with Crippen LogP contribution in [0.25, 0.3) is 0 Å². The van der Waals surface area contributed by atoms with Gasteiger partial charge in [-0.1, -0.05) is 0 Å². The van der Waals surface area contributed by atoms with Crippen LogP contribution in [-0.2, 0) is 7.05 Å². The fourth-order valence-corrected chi connectivity index (χ4v) is 3.32. The molecule has 0 radical (unpaired) electrons. The monoisotopic (exact) mass is 248 g/mol. The van der Waals surface area contributed by atoms with E-state index in [1.54, 1.807) is 16.9 Å². The van der Waals surface area contributed by atoms with Gasteiger partial charge in [0, 0.05) is 19.8 Å². The molecule has 1 amide bonds. The van der Waals surface area contributed by atoms with E-state index in [0.717, 1.165) is 6.54 Å². The molecule has 3 saturated heterocycles. The summed E-state index contributed by atoms with van der Waals surface area (Å²) in [6.45, 7) is 5.50. The van der Waals surface area contributed by atoms with Crippen LogP contribution in [0.4, 0.5) is 0 Å². The van der Waals surface area contributed by atoms with Gasteiger partial charge in [0.25, 0.3) is 5.91 Å². The predicted molar refractivity (Wildman–Crippen MR) is 68.2 cm³/mol. The third-order valence-corrected chi connectivity index (χ3v) is 4.39. The first-order valence-electron chi connectivity index (χ1n) is 6.61. The summed E-state index contributed by atoms with van der Waals surface area (Å²) in [5.74, 6) is 0.557. The number of carbonyl (C=O) groups excluding carboxylic acids is 1. The summed E-state index contributed by atoms with van der Waals surface area (Å²) in [6.07, 6.45) is 4.19. The third kappa shape index (κ3) is 1.92. The Balaban J connectivity index is 1.74. The molecule has 0 spiro atoms. The maximum atomic E-state index is 12.2. The van der Waals surface area contributed by atoms with E-state index in [4.69, 9.17) is 0 Å². The first-order valence-corrected chi connectivity index (χ1v) is 6.61. The lowest BCUT2D eigenvalue weighted by atomic mass is 9.74. The number of rotatable bonds is 2. The lowest BCUT2D eigenvalue weighted by Crippen LogP contribution is -2.65. The molecule has 2 bridgehead atoms. The van der Waals surface area contributed by atoms with E-state index >= 15 is 0 Å². The second-order valence-electron chi connectivity index (χ2n) is 5.80. The highest BCUT2D eigenvalue weighted by molar-refractivity contribution is 5.92. The van der Waals surface area contributed by atoms with Crippen molar-refractivity contribution in [1.82, 2.24) is 20.0 Å². The van der Waals surface area contributed by atoms with E-state index < -0.39 is 0 Å². The Hall–Kier alpha value is -1.36. The largest absolute Gasteiger partial charge is 0.344 e. The van der Waals surface area contributed by atoms with Crippen LogP contribution in [0, 0.1) is 5.92 Å². The van der Waals surface area contributed by atoms with Gasteiger partial charge in [0.2, 0.25) is 0 Å². The Labute approximate surface area is 107 Å². The van der Waals surface area contributed by atoms with Gasteiger partial charge in [0.1, 0.15) is 5.69 Å². The van der Waals surface area contributed by atoms with Crippen LogP contribution in [0.5, 0.6) is 0 Å². The van der Waals surface area contributed by atoms with Gasteiger partial charge in [-0.05, 0) is 44.8 Å². The minimum absolute atomic E-state index is 0.0492. The summed E-state index contributed by atoms with van der Waals surface area (Å²) in [7, 11) is 1.83. The number of aryl methyl sites for hydroxylation is 1. The zero-order chi connectivity index (χ0) is 12.8. The molecular weight excluding hydrogens is 228 g/mol. The Morgan fingerprint density at radius 1 is 1.50 bits per heavy atom. The first-order chi connectivity index (χ1) is 8.57. The third-order valence-electron chi connectivity index (χ3n) is 4.39. The summed E-state index contributed by atoms with van der Waals surface area (Å²) in [4.78, 5) is 14.6. The summed E-state index contributed by atoms with van der Waals surface area (Å²) in [5.41, 5.74) is 0.417. The minimum Gasteiger partial charge on any atom is -0.344 e. The number of fused-ring (bicyclic) bond motifs is 3. The van der Waals surface area contributed by atoms with Crippen molar-refractivity contribution in [3.05, 3.63) is 18.0 Å². The molecule has 3 fully saturated rings. The molecule has 3 aliphatic rings. The molecule has 5 nitrogen and oxygen atoms in total. The maximum Gasteiger partial charge on any atom is 0.272 e. The van der Waals surface area contributed by atoms with Crippen molar-refractivity contribution < 1.29 is 4.79 Å². The zero-order valence-corrected chi connectivity index (χ0v) is 11.0. The zero-order valence-electron chi connectivity index (χ0n) is 11.0. The normalized spacial score (nSPS) is 34.6. The molecule has 1 N–H and O–H groups in total. The highest BCUT2D eigenvalue weighted by Gasteiger charge is 2.44. The van der Waals surface area contributed by atoms with Crippen molar-refractivity contribution in [1.29, 1.82) is 0 Å². The van der Waals surface area contributed by atoms with E-state index in [2.05, 4.69) is 22.2 Å². The quantitative estimate of drug-likeness (QED) is 0.835. The lowest BCUT2D eigenvalue weighted by molar-refractivity contribution is 0.0165. The van der Waals surface area contributed by atoms with Gasteiger partial charge >= 0.3 is 0 Å². The molecule has 0 aliphatic carbocycles. The first kappa shape index (κ1) is 11.7. The van der Waals surface area contributed by atoms with Crippen molar-refractivity contribution in [2.24, 2.45) is 13.0 Å². The van der Waals surface area contributed by atoms with Crippen molar-refractivity contribution in [2.75, 3.05) is 19.6 Å². The van der Waals surface area contributed by atoms with Gasteiger partial charge in [0.15, 0.2) is 0 Å². The van der Waals surface area contributed by atoms with E-state index in [9.17, 15) is 4.79 Å². The molecule has 1 aromatic heterocycles. The molecule has 4 heterocycles. The number of nitrogens with one attached hydrogen (secondary N) is 1. The number of hydrogen-bond donors (Lipinski definition) is 1. The van der Waals surface area contributed by atoms with E-state index in [-0.39, 0.29) is 11.4 Å². The molecule has 1 unspecified atom stereocenters. The van der Waals surface area contributed by atoms with Gasteiger partial charge in [0.05, 0.1) is 5.54 Å². The summed E-state index contributed by atoms with van der Waals surface area (Å²) < 4.78 is 1.66. The fourth-order valence-electron chi connectivity index (χ4n) is 3.32. The molecule has 0 aromatic carbocycles. The van der Waals surface area contributed by atoms with Crippen LogP contribution in [0.15, 0.2) is 12.3 Å². The molecule has 98 valence electrons. The van der Waals surface area contributed by atoms with Crippen molar-refractivity contribution in [2.45, 2.75) is 25.3 Å². The molecule has 18 heavy (non-hydrogen) atoms. The minimum atomic E-state index is -0.0922. The Bertz CT molecular complexity index is 461. The molecule has 4 rings (SSSR count). The Kier molecular flexibility index (Phi) is 2.66.